The van der Waals surface area contributed by atoms with Crippen LogP contribution in [0.2, 0.25) is 5.02 Å². The van der Waals surface area contributed by atoms with E-state index in [-0.39, 0.29) is 5.57 Å². The minimum absolute atomic E-state index is 0.0301. The van der Waals surface area contributed by atoms with E-state index in [1.54, 1.807) is 36.3 Å². The van der Waals surface area contributed by atoms with Crippen LogP contribution in [0, 0.1) is 11.3 Å². The summed E-state index contributed by atoms with van der Waals surface area (Å²) in [6, 6.07) is 8.25. The maximum Gasteiger partial charge on any atom is 0.144 e. The van der Waals surface area contributed by atoms with Crippen molar-refractivity contribution in [2.75, 3.05) is 0 Å². The predicted molar refractivity (Wildman–Crippen MR) is 46.2 cm³/mol. The molecule has 0 fully saturated rings. The molecule has 0 heterocycles. The van der Waals surface area contributed by atoms with Gasteiger partial charge in [0.25, 0.3) is 0 Å². The molecule has 0 spiro atoms. The molecule has 0 aliphatic heterocycles. The summed E-state index contributed by atoms with van der Waals surface area (Å²) in [5.74, 6) is 1.54. The van der Waals surface area contributed by atoms with E-state index in [0.717, 1.165) is 0 Å². The normalized spacial score (nSPS) is 8.33. The molecule has 0 atom stereocenters. The molecule has 1 aromatic rings. The van der Waals surface area contributed by atoms with Crippen molar-refractivity contribution >= 4 is 23.1 Å². The standard InChI is InChI=1S/C9H4ClNO/c10-9-3-1-2-7(4-9)8(5-11)6-12/h1-4H. The Bertz CT molecular complexity index is 386. The Kier molecular flexibility index (Phi) is 2.66. The number of nitriles is 1. The van der Waals surface area contributed by atoms with Gasteiger partial charge in [0.2, 0.25) is 0 Å². The zero-order valence-corrected chi connectivity index (χ0v) is 6.80. The molecule has 58 valence electrons. The number of hydrogen-bond acceptors (Lipinski definition) is 2. The molecule has 0 N–H and O–H groups in total. The lowest BCUT2D eigenvalue weighted by atomic mass is 10.1. The molecule has 0 saturated heterocycles. The van der Waals surface area contributed by atoms with Gasteiger partial charge < -0.3 is 0 Å². The van der Waals surface area contributed by atoms with Crippen LogP contribution in [0.1, 0.15) is 5.56 Å². The lowest BCUT2D eigenvalue weighted by Crippen LogP contribution is -1.80. The van der Waals surface area contributed by atoms with Gasteiger partial charge in [-0.3, -0.25) is 0 Å². The number of carbonyl (C=O) groups excluding carboxylic acids is 1. The van der Waals surface area contributed by atoms with Crippen LogP contribution in [0.15, 0.2) is 24.3 Å². The van der Waals surface area contributed by atoms with Crippen molar-refractivity contribution in [1.29, 1.82) is 5.26 Å². The molecule has 0 aliphatic rings. The number of halogens is 1. The van der Waals surface area contributed by atoms with Crippen molar-refractivity contribution in [3.8, 4) is 6.07 Å². The lowest BCUT2D eigenvalue weighted by Gasteiger charge is -1.93. The van der Waals surface area contributed by atoms with Gasteiger partial charge >= 0.3 is 0 Å². The first-order chi connectivity index (χ1) is 5.77. The number of benzene rings is 1. The number of allylic oxidation sites excluding steroid dienone is 1. The fourth-order valence-corrected chi connectivity index (χ4v) is 0.981. The third kappa shape index (κ3) is 1.73. The van der Waals surface area contributed by atoms with Gasteiger partial charge in [0.15, 0.2) is 0 Å². The second-order valence-corrected chi connectivity index (χ2v) is 2.54. The lowest BCUT2D eigenvalue weighted by molar-refractivity contribution is 0.569. The third-order valence-corrected chi connectivity index (χ3v) is 1.56. The maximum atomic E-state index is 10.2. The van der Waals surface area contributed by atoms with Crippen LogP contribution in [0.5, 0.6) is 0 Å². The van der Waals surface area contributed by atoms with Gasteiger partial charge in [0.1, 0.15) is 17.6 Å². The summed E-state index contributed by atoms with van der Waals surface area (Å²) in [6.07, 6.45) is 0. The molecule has 0 amide bonds. The first kappa shape index (κ1) is 8.55. The topological polar surface area (TPSA) is 40.9 Å². The highest BCUT2D eigenvalue weighted by atomic mass is 35.5. The monoisotopic (exact) mass is 177 g/mol. The molecule has 0 saturated carbocycles. The molecule has 0 aromatic heterocycles. The first-order valence-electron chi connectivity index (χ1n) is 3.19. The third-order valence-electron chi connectivity index (χ3n) is 1.33. The van der Waals surface area contributed by atoms with E-state index in [4.69, 9.17) is 16.9 Å². The summed E-state index contributed by atoms with van der Waals surface area (Å²) >= 11 is 5.65. The summed E-state index contributed by atoms with van der Waals surface area (Å²) in [6.45, 7) is 0. The Hall–Kier alpha value is -1.55. The molecule has 0 bridgehead atoms. The second-order valence-electron chi connectivity index (χ2n) is 2.10. The molecule has 0 unspecified atom stereocenters. The van der Waals surface area contributed by atoms with Crippen molar-refractivity contribution in [2.24, 2.45) is 0 Å². The fraction of sp³-hybridized carbons (Fsp3) is 0. The van der Waals surface area contributed by atoms with Crippen LogP contribution in [0.25, 0.3) is 5.57 Å². The first-order valence-corrected chi connectivity index (χ1v) is 3.57. The minimum atomic E-state index is -0.0301. The van der Waals surface area contributed by atoms with Crippen LogP contribution >= 0.6 is 11.6 Å². The molecule has 0 radical (unpaired) electrons. The van der Waals surface area contributed by atoms with Gasteiger partial charge in [-0.2, -0.15) is 5.26 Å². The van der Waals surface area contributed by atoms with E-state index in [1.807, 2.05) is 0 Å². The van der Waals surface area contributed by atoms with Crippen molar-refractivity contribution in [1.82, 2.24) is 0 Å². The van der Waals surface area contributed by atoms with Gasteiger partial charge in [-0.1, -0.05) is 23.7 Å². The van der Waals surface area contributed by atoms with Gasteiger partial charge in [-0.25, -0.2) is 4.79 Å². The van der Waals surface area contributed by atoms with E-state index in [1.165, 1.54) is 0 Å². The van der Waals surface area contributed by atoms with Crippen LogP contribution in [-0.4, -0.2) is 5.94 Å². The summed E-state index contributed by atoms with van der Waals surface area (Å²) in [4.78, 5) is 10.2. The molecule has 12 heavy (non-hydrogen) atoms. The highest BCUT2D eigenvalue weighted by molar-refractivity contribution is 6.30. The Balaban J connectivity index is 3.22. The largest absolute Gasteiger partial charge is 0.232 e. The number of hydrogen-bond donors (Lipinski definition) is 0. The molecular formula is C9H4ClNO. The molecule has 1 aromatic carbocycles. The zero-order valence-electron chi connectivity index (χ0n) is 6.04. The van der Waals surface area contributed by atoms with Crippen molar-refractivity contribution in [2.45, 2.75) is 0 Å². The highest BCUT2D eigenvalue weighted by Crippen LogP contribution is 2.15. The maximum absolute atomic E-state index is 10.2. The Morgan fingerprint density at radius 1 is 1.50 bits per heavy atom. The Morgan fingerprint density at radius 2 is 2.25 bits per heavy atom. The van der Waals surface area contributed by atoms with E-state index >= 15 is 0 Å². The summed E-state index contributed by atoms with van der Waals surface area (Å²) < 4.78 is 0. The SMILES string of the molecule is N#CC(=C=O)c1cccc(Cl)c1. The summed E-state index contributed by atoms with van der Waals surface area (Å²) in [5, 5.41) is 8.97. The average molecular weight is 178 g/mol. The number of nitrogens with zero attached hydrogens (tertiary/aromatic N) is 1. The number of rotatable bonds is 1. The highest BCUT2D eigenvalue weighted by Gasteiger charge is 2.00. The molecule has 3 heteroatoms. The van der Waals surface area contributed by atoms with Gasteiger partial charge in [0.05, 0.1) is 0 Å². The van der Waals surface area contributed by atoms with Crippen LogP contribution in [0.3, 0.4) is 0 Å². The molecular weight excluding hydrogens is 174 g/mol. The molecule has 2 nitrogen and oxygen atoms in total. The fourth-order valence-electron chi connectivity index (χ4n) is 0.790. The average Bonchev–Trinajstić information content (AvgIpc) is 2.07. The Labute approximate surface area is 74.7 Å². The zero-order chi connectivity index (χ0) is 8.97. The van der Waals surface area contributed by atoms with Gasteiger partial charge in [-0.05, 0) is 12.1 Å². The van der Waals surface area contributed by atoms with Crippen LogP contribution in [0.4, 0.5) is 0 Å². The molecule has 0 aliphatic carbocycles. The van der Waals surface area contributed by atoms with Crippen molar-refractivity contribution in [3.05, 3.63) is 34.9 Å². The van der Waals surface area contributed by atoms with Gasteiger partial charge in [0, 0.05) is 10.6 Å². The molecule has 1 rings (SSSR count). The summed E-state index contributed by atoms with van der Waals surface area (Å²) in [5.41, 5.74) is 0.470. The van der Waals surface area contributed by atoms with Crippen molar-refractivity contribution in [3.63, 3.8) is 0 Å². The summed E-state index contributed by atoms with van der Waals surface area (Å²) in [7, 11) is 0. The van der Waals surface area contributed by atoms with E-state index in [0.29, 0.717) is 10.6 Å². The van der Waals surface area contributed by atoms with Crippen LogP contribution < -0.4 is 0 Å². The second kappa shape index (κ2) is 3.73. The van der Waals surface area contributed by atoms with E-state index < -0.39 is 0 Å². The smallest absolute Gasteiger partial charge is 0.144 e. The van der Waals surface area contributed by atoms with E-state index in [2.05, 4.69) is 0 Å². The minimum Gasteiger partial charge on any atom is -0.232 e. The Morgan fingerprint density at radius 3 is 2.75 bits per heavy atom. The van der Waals surface area contributed by atoms with Crippen LogP contribution in [-0.2, 0) is 4.79 Å². The van der Waals surface area contributed by atoms with Crippen molar-refractivity contribution < 1.29 is 4.79 Å². The quantitative estimate of drug-likeness (QED) is 0.487. The van der Waals surface area contributed by atoms with Gasteiger partial charge in [-0.15, -0.1) is 0 Å². The predicted octanol–water partition coefficient (Wildman–Crippen LogP) is 2.08. The van der Waals surface area contributed by atoms with E-state index in [9.17, 15) is 4.79 Å².